The number of aromatic amines is 1. The molecule has 1 aliphatic rings. The largest absolute Gasteiger partial charge is 0.339 e. The van der Waals surface area contributed by atoms with Gasteiger partial charge in [0.1, 0.15) is 0 Å². The van der Waals surface area contributed by atoms with Gasteiger partial charge in [0.05, 0.1) is 10.9 Å². The molecule has 0 bridgehead atoms. The Kier molecular flexibility index (Phi) is 5.70. The first kappa shape index (κ1) is 20.6. The van der Waals surface area contributed by atoms with Gasteiger partial charge in [-0.2, -0.15) is 0 Å². The summed E-state index contributed by atoms with van der Waals surface area (Å²) in [6.07, 6.45) is 0.141. The molecule has 2 amide bonds. The summed E-state index contributed by atoms with van der Waals surface area (Å²) >= 11 is 0. The quantitative estimate of drug-likeness (QED) is 0.690. The van der Waals surface area contributed by atoms with Crippen LogP contribution in [-0.2, 0) is 11.3 Å². The van der Waals surface area contributed by atoms with Gasteiger partial charge in [-0.25, -0.2) is 4.79 Å². The number of aromatic nitrogens is 2. The lowest BCUT2D eigenvalue weighted by Crippen LogP contribution is -2.50. The van der Waals surface area contributed by atoms with Crippen molar-refractivity contribution in [2.75, 3.05) is 26.2 Å². The molecule has 2 aromatic carbocycles. The average Bonchev–Trinajstić information content (AvgIpc) is 2.79. The minimum absolute atomic E-state index is 0.0293. The molecule has 0 aliphatic carbocycles. The first-order chi connectivity index (χ1) is 14.9. The second kappa shape index (κ2) is 8.59. The number of hydrogen-bond acceptors (Lipinski definition) is 4. The second-order valence-electron chi connectivity index (χ2n) is 7.72. The van der Waals surface area contributed by atoms with Crippen molar-refractivity contribution in [1.29, 1.82) is 0 Å². The number of piperazine rings is 1. The Morgan fingerprint density at radius 1 is 0.903 bits per heavy atom. The number of para-hydroxylation sites is 1. The van der Waals surface area contributed by atoms with Gasteiger partial charge in [0, 0.05) is 44.7 Å². The van der Waals surface area contributed by atoms with Gasteiger partial charge in [-0.1, -0.05) is 29.8 Å². The fourth-order valence-electron chi connectivity index (χ4n) is 3.87. The molecule has 4 rings (SSSR count). The minimum Gasteiger partial charge on any atom is -0.339 e. The summed E-state index contributed by atoms with van der Waals surface area (Å²) in [5, 5.41) is 0.415. The third-order valence-corrected chi connectivity index (χ3v) is 5.67. The highest BCUT2D eigenvalue weighted by Gasteiger charge is 2.24. The molecule has 1 aromatic heterocycles. The Hall–Kier alpha value is -3.68. The van der Waals surface area contributed by atoms with E-state index in [0.717, 1.165) is 5.56 Å². The topological polar surface area (TPSA) is 95.5 Å². The first-order valence-corrected chi connectivity index (χ1v) is 10.3. The lowest BCUT2D eigenvalue weighted by molar-refractivity contribution is -0.132. The summed E-state index contributed by atoms with van der Waals surface area (Å²) < 4.78 is 1.42. The fraction of sp³-hybridized carbons (Fsp3) is 0.304. The standard InChI is InChI=1S/C23H24N4O4/c1-16-6-8-17(9-7-16)22(30)26-14-12-25(13-15-26)20(28)10-11-27-19-5-3-2-4-18(19)21(29)24-23(27)31/h2-9H,10-15H2,1H3,(H,24,29,31). The highest BCUT2D eigenvalue weighted by atomic mass is 16.2. The molecule has 8 heteroatoms. The van der Waals surface area contributed by atoms with E-state index in [1.54, 1.807) is 34.1 Å². The molecule has 0 radical (unpaired) electrons. The summed E-state index contributed by atoms with van der Waals surface area (Å²) in [4.78, 5) is 55.4. The Morgan fingerprint density at radius 2 is 1.55 bits per heavy atom. The number of fused-ring (bicyclic) bond motifs is 1. The SMILES string of the molecule is Cc1ccc(C(=O)N2CCN(C(=O)CCn3c(=O)[nH]c(=O)c4ccccc43)CC2)cc1. The summed E-state index contributed by atoms with van der Waals surface area (Å²) in [6.45, 7) is 4.01. The van der Waals surface area contributed by atoms with E-state index < -0.39 is 11.2 Å². The van der Waals surface area contributed by atoms with Crippen LogP contribution in [0.2, 0.25) is 0 Å². The van der Waals surface area contributed by atoms with Crippen molar-refractivity contribution in [3.63, 3.8) is 0 Å². The van der Waals surface area contributed by atoms with Crippen LogP contribution in [0.3, 0.4) is 0 Å². The number of carbonyl (C=O) groups excluding carboxylic acids is 2. The molecule has 1 N–H and O–H groups in total. The number of aryl methyl sites for hydroxylation is 2. The lowest BCUT2D eigenvalue weighted by Gasteiger charge is -2.35. The number of carbonyl (C=O) groups is 2. The molecule has 160 valence electrons. The van der Waals surface area contributed by atoms with Crippen molar-refractivity contribution in [2.24, 2.45) is 0 Å². The van der Waals surface area contributed by atoms with Crippen LogP contribution < -0.4 is 11.2 Å². The number of benzene rings is 2. The highest BCUT2D eigenvalue weighted by molar-refractivity contribution is 5.94. The number of rotatable bonds is 4. The van der Waals surface area contributed by atoms with Crippen LogP contribution in [0.15, 0.2) is 58.1 Å². The van der Waals surface area contributed by atoms with E-state index in [9.17, 15) is 19.2 Å². The van der Waals surface area contributed by atoms with Crippen molar-refractivity contribution in [3.05, 3.63) is 80.5 Å². The van der Waals surface area contributed by atoms with Crippen LogP contribution in [0.5, 0.6) is 0 Å². The van der Waals surface area contributed by atoms with Crippen LogP contribution >= 0.6 is 0 Å². The average molecular weight is 420 g/mol. The minimum atomic E-state index is -0.523. The zero-order chi connectivity index (χ0) is 22.0. The molecule has 0 saturated carbocycles. The monoisotopic (exact) mass is 420 g/mol. The van der Waals surface area contributed by atoms with Crippen molar-refractivity contribution >= 4 is 22.7 Å². The van der Waals surface area contributed by atoms with E-state index in [2.05, 4.69) is 4.98 Å². The molecule has 2 heterocycles. The summed E-state index contributed by atoms with van der Waals surface area (Å²) in [7, 11) is 0. The molecular weight excluding hydrogens is 396 g/mol. The van der Waals surface area contributed by atoms with Crippen molar-refractivity contribution in [2.45, 2.75) is 19.9 Å². The maximum absolute atomic E-state index is 12.7. The van der Waals surface area contributed by atoms with E-state index in [4.69, 9.17) is 0 Å². The first-order valence-electron chi connectivity index (χ1n) is 10.3. The van der Waals surface area contributed by atoms with Gasteiger partial charge in [-0.05, 0) is 31.2 Å². The molecule has 0 unspecified atom stereocenters. The Balaban J connectivity index is 1.38. The second-order valence-corrected chi connectivity index (χ2v) is 7.72. The third-order valence-electron chi connectivity index (χ3n) is 5.67. The van der Waals surface area contributed by atoms with Crippen LogP contribution in [0.4, 0.5) is 0 Å². The Bertz CT molecular complexity index is 1230. The smallest absolute Gasteiger partial charge is 0.328 e. The summed E-state index contributed by atoms with van der Waals surface area (Å²) in [5.74, 6) is -0.108. The van der Waals surface area contributed by atoms with Crippen molar-refractivity contribution in [3.8, 4) is 0 Å². The Morgan fingerprint density at radius 3 is 2.26 bits per heavy atom. The number of nitrogens with one attached hydrogen (secondary N) is 1. The molecule has 1 saturated heterocycles. The number of amides is 2. The normalized spacial score (nSPS) is 14.1. The molecular formula is C23H24N4O4. The predicted octanol–water partition coefficient (Wildman–Crippen LogP) is 1.37. The molecule has 0 spiro atoms. The number of hydrogen-bond donors (Lipinski definition) is 1. The van der Waals surface area contributed by atoms with Crippen LogP contribution in [0, 0.1) is 6.92 Å². The molecule has 1 fully saturated rings. The summed E-state index contributed by atoms with van der Waals surface area (Å²) in [6, 6.07) is 14.3. The van der Waals surface area contributed by atoms with Crippen LogP contribution in [0.1, 0.15) is 22.3 Å². The van der Waals surface area contributed by atoms with Crippen molar-refractivity contribution in [1.82, 2.24) is 19.4 Å². The molecule has 31 heavy (non-hydrogen) atoms. The van der Waals surface area contributed by atoms with Gasteiger partial charge in [0.15, 0.2) is 0 Å². The van der Waals surface area contributed by atoms with Gasteiger partial charge >= 0.3 is 5.69 Å². The zero-order valence-corrected chi connectivity index (χ0v) is 17.3. The van der Waals surface area contributed by atoms with E-state index >= 15 is 0 Å². The maximum atomic E-state index is 12.7. The molecule has 3 aromatic rings. The number of H-pyrrole nitrogens is 1. The maximum Gasteiger partial charge on any atom is 0.328 e. The lowest BCUT2D eigenvalue weighted by atomic mass is 10.1. The van der Waals surface area contributed by atoms with Gasteiger partial charge in [-0.15, -0.1) is 0 Å². The van der Waals surface area contributed by atoms with Gasteiger partial charge < -0.3 is 9.80 Å². The van der Waals surface area contributed by atoms with E-state index in [1.165, 1.54) is 4.57 Å². The van der Waals surface area contributed by atoms with Gasteiger partial charge in [-0.3, -0.25) is 23.9 Å². The van der Waals surface area contributed by atoms with Gasteiger partial charge in [0.25, 0.3) is 11.5 Å². The van der Waals surface area contributed by atoms with E-state index in [0.29, 0.717) is 42.6 Å². The summed E-state index contributed by atoms with van der Waals surface area (Å²) in [5.41, 5.74) is 1.30. The zero-order valence-electron chi connectivity index (χ0n) is 17.3. The van der Waals surface area contributed by atoms with Crippen molar-refractivity contribution < 1.29 is 9.59 Å². The third kappa shape index (κ3) is 4.28. The van der Waals surface area contributed by atoms with E-state index in [-0.39, 0.29) is 24.8 Å². The number of nitrogens with zero attached hydrogens (tertiary/aromatic N) is 3. The van der Waals surface area contributed by atoms with Crippen LogP contribution in [-0.4, -0.2) is 57.3 Å². The Labute approximate surface area is 178 Å². The molecule has 0 atom stereocenters. The molecule has 8 nitrogen and oxygen atoms in total. The van der Waals surface area contributed by atoms with Gasteiger partial charge in [0.2, 0.25) is 5.91 Å². The predicted molar refractivity (Wildman–Crippen MR) is 117 cm³/mol. The highest BCUT2D eigenvalue weighted by Crippen LogP contribution is 2.12. The van der Waals surface area contributed by atoms with E-state index in [1.807, 2.05) is 31.2 Å². The van der Waals surface area contributed by atoms with Crippen LogP contribution in [0.25, 0.3) is 10.9 Å². The molecule has 1 aliphatic heterocycles. The fourth-order valence-corrected chi connectivity index (χ4v) is 3.87.